The third-order valence-corrected chi connectivity index (χ3v) is 4.24. The van der Waals surface area contributed by atoms with Crippen molar-refractivity contribution in [3.05, 3.63) is 35.9 Å². The quantitative estimate of drug-likeness (QED) is 0.634. The Morgan fingerprint density at radius 3 is 2.71 bits per heavy atom. The number of ether oxygens (including phenoxy) is 1. The van der Waals surface area contributed by atoms with Crippen LogP contribution in [0.4, 0.5) is 0 Å². The zero-order valence-electron chi connectivity index (χ0n) is 13.5. The van der Waals surface area contributed by atoms with Crippen molar-refractivity contribution in [1.82, 2.24) is 10.2 Å². The summed E-state index contributed by atoms with van der Waals surface area (Å²) in [6, 6.07) is 7.34. The van der Waals surface area contributed by atoms with E-state index < -0.39 is 0 Å². The Morgan fingerprint density at radius 1 is 1.38 bits per heavy atom. The van der Waals surface area contributed by atoms with Crippen LogP contribution in [0, 0.1) is 5.92 Å². The Bertz CT molecular complexity index is 643. The van der Waals surface area contributed by atoms with Crippen LogP contribution in [0.15, 0.2) is 30.3 Å². The Balaban J connectivity index is 1.87. The van der Waals surface area contributed by atoms with Gasteiger partial charge in [0.2, 0.25) is 11.8 Å². The molecule has 1 aliphatic rings. The summed E-state index contributed by atoms with van der Waals surface area (Å²) in [5.74, 6) is -0.0967. The fourth-order valence-corrected chi connectivity index (χ4v) is 2.77. The minimum absolute atomic E-state index is 0.219. The molecule has 1 saturated heterocycles. The first-order valence-electron chi connectivity index (χ1n) is 7.71. The minimum atomic E-state index is -0.326. The maximum absolute atomic E-state index is 12.0. The van der Waals surface area contributed by atoms with Crippen molar-refractivity contribution in [2.45, 2.75) is 12.8 Å². The molecule has 0 unspecified atom stereocenters. The van der Waals surface area contributed by atoms with Gasteiger partial charge < -0.3 is 15.4 Å². The van der Waals surface area contributed by atoms with E-state index in [0.29, 0.717) is 18.2 Å². The van der Waals surface area contributed by atoms with Crippen molar-refractivity contribution in [2.75, 3.05) is 20.2 Å². The van der Waals surface area contributed by atoms with Crippen molar-refractivity contribution in [3.63, 3.8) is 0 Å². The number of carbonyl (C=O) groups excluding carboxylic acids is 2. The van der Waals surface area contributed by atoms with Gasteiger partial charge in [-0.2, -0.15) is 0 Å². The van der Waals surface area contributed by atoms with Crippen LogP contribution in [0.3, 0.4) is 0 Å². The standard InChI is InChI=1S/C17H21N3O3S/c1-23-14-7-4-12(5-8-14)6-9-15(21)19-17(24)20-10-2-3-13(11-20)16(18)22/h4-9,13H,2-3,10-11H2,1H3,(H2,18,22)(H,19,21,24)/b9-6+/t13-/m1/s1. The summed E-state index contributed by atoms with van der Waals surface area (Å²) in [7, 11) is 1.60. The molecule has 2 rings (SSSR count). The second-order valence-electron chi connectivity index (χ2n) is 5.59. The molecule has 0 bridgehead atoms. The summed E-state index contributed by atoms with van der Waals surface area (Å²) >= 11 is 5.24. The van der Waals surface area contributed by atoms with Crippen molar-refractivity contribution < 1.29 is 14.3 Å². The molecule has 1 aliphatic heterocycles. The highest BCUT2D eigenvalue weighted by molar-refractivity contribution is 7.80. The van der Waals surface area contributed by atoms with Crippen LogP contribution in [0.2, 0.25) is 0 Å². The molecule has 0 radical (unpaired) electrons. The highest BCUT2D eigenvalue weighted by Crippen LogP contribution is 2.16. The lowest BCUT2D eigenvalue weighted by Crippen LogP contribution is -2.49. The molecule has 1 aromatic rings. The van der Waals surface area contributed by atoms with E-state index in [-0.39, 0.29) is 17.7 Å². The average molecular weight is 347 g/mol. The van der Waals surface area contributed by atoms with Gasteiger partial charge in [0.1, 0.15) is 5.75 Å². The minimum Gasteiger partial charge on any atom is -0.497 e. The summed E-state index contributed by atoms with van der Waals surface area (Å²) in [6.45, 7) is 1.17. The second kappa shape index (κ2) is 8.44. The highest BCUT2D eigenvalue weighted by atomic mass is 32.1. The van der Waals surface area contributed by atoms with Crippen LogP contribution in [0.25, 0.3) is 6.08 Å². The third-order valence-electron chi connectivity index (χ3n) is 3.88. The predicted molar refractivity (Wildman–Crippen MR) is 96.3 cm³/mol. The van der Waals surface area contributed by atoms with Gasteiger partial charge >= 0.3 is 0 Å². The Hall–Kier alpha value is -2.41. The van der Waals surface area contributed by atoms with Crippen LogP contribution in [-0.2, 0) is 9.59 Å². The van der Waals surface area contributed by atoms with Crippen LogP contribution in [-0.4, -0.2) is 42.0 Å². The largest absolute Gasteiger partial charge is 0.497 e. The Kier molecular flexibility index (Phi) is 6.31. The highest BCUT2D eigenvalue weighted by Gasteiger charge is 2.25. The fourth-order valence-electron chi connectivity index (χ4n) is 2.51. The maximum atomic E-state index is 12.0. The van der Waals surface area contributed by atoms with Gasteiger partial charge in [-0.05, 0) is 48.8 Å². The second-order valence-corrected chi connectivity index (χ2v) is 5.98. The van der Waals surface area contributed by atoms with Gasteiger partial charge in [0.15, 0.2) is 5.11 Å². The van der Waals surface area contributed by atoms with E-state index in [4.69, 9.17) is 22.7 Å². The Morgan fingerprint density at radius 2 is 2.08 bits per heavy atom. The van der Waals surface area contributed by atoms with Crippen molar-refractivity contribution >= 4 is 35.2 Å². The SMILES string of the molecule is COc1ccc(/C=C/C(=O)NC(=S)N2CCC[C@@H](C(N)=O)C2)cc1. The lowest BCUT2D eigenvalue weighted by molar-refractivity contribution is -0.122. The van der Waals surface area contributed by atoms with Gasteiger partial charge in [-0.1, -0.05) is 12.1 Å². The summed E-state index contributed by atoms with van der Waals surface area (Å²) in [6.07, 6.45) is 4.70. The van der Waals surface area contributed by atoms with Crippen molar-refractivity contribution in [1.29, 1.82) is 0 Å². The average Bonchev–Trinajstić information content (AvgIpc) is 2.60. The number of nitrogens with one attached hydrogen (secondary N) is 1. The molecule has 0 aliphatic carbocycles. The molecule has 3 N–H and O–H groups in total. The van der Waals surface area contributed by atoms with Gasteiger partial charge in [-0.3, -0.25) is 14.9 Å². The van der Waals surface area contributed by atoms with E-state index in [9.17, 15) is 9.59 Å². The molecular weight excluding hydrogens is 326 g/mol. The summed E-state index contributed by atoms with van der Waals surface area (Å²) in [4.78, 5) is 25.1. The van der Waals surface area contributed by atoms with E-state index >= 15 is 0 Å². The first kappa shape index (κ1) is 17.9. The topological polar surface area (TPSA) is 84.7 Å². The van der Waals surface area contributed by atoms with Crippen LogP contribution >= 0.6 is 12.2 Å². The fraction of sp³-hybridized carbons (Fsp3) is 0.353. The zero-order chi connectivity index (χ0) is 17.5. The number of rotatable bonds is 4. The van der Waals surface area contributed by atoms with E-state index in [1.807, 2.05) is 29.2 Å². The number of benzene rings is 1. The van der Waals surface area contributed by atoms with Crippen molar-refractivity contribution in [2.24, 2.45) is 11.7 Å². The molecule has 0 aromatic heterocycles. The molecule has 0 saturated carbocycles. The molecule has 1 heterocycles. The molecule has 1 aromatic carbocycles. The maximum Gasteiger partial charge on any atom is 0.250 e. The van der Waals surface area contributed by atoms with Crippen LogP contribution < -0.4 is 15.8 Å². The number of nitrogens with zero attached hydrogens (tertiary/aromatic N) is 1. The zero-order valence-corrected chi connectivity index (χ0v) is 14.3. The molecule has 7 heteroatoms. The number of nitrogens with two attached hydrogens (primary N) is 1. The van der Waals surface area contributed by atoms with E-state index in [1.54, 1.807) is 13.2 Å². The van der Waals surface area contributed by atoms with Crippen molar-refractivity contribution in [3.8, 4) is 5.75 Å². The predicted octanol–water partition coefficient (Wildman–Crippen LogP) is 1.31. The first-order valence-corrected chi connectivity index (χ1v) is 8.11. The molecule has 0 spiro atoms. The van der Waals surface area contributed by atoms with Crippen LogP contribution in [0.1, 0.15) is 18.4 Å². The smallest absolute Gasteiger partial charge is 0.250 e. The van der Waals surface area contributed by atoms with E-state index in [1.165, 1.54) is 6.08 Å². The van der Waals surface area contributed by atoms with Gasteiger partial charge in [0.05, 0.1) is 13.0 Å². The van der Waals surface area contributed by atoms with Crippen LogP contribution in [0.5, 0.6) is 5.75 Å². The molecule has 24 heavy (non-hydrogen) atoms. The number of carbonyl (C=O) groups is 2. The Labute approximate surface area is 146 Å². The lowest BCUT2D eigenvalue weighted by Gasteiger charge is -2.32. The van der Waals surface area contributed by atoms with Gasteiger partial charge in [-0.15, -0.1) is 0 Å². The number of hydrogen-bond acceptors (Lipinski definition) is 4. The van der Waals surface area contributed by atoms with Gasteiger partial charge in [0, 0.05) is 19.2 Å². The summed E-state index contributed by atoms with van der Waals surface area (Å²) in [5.41, 5.74) is 6.23. The van der Waals surface area contributed by atoms with Gasteiger partial charge in [-0.25, -0.2) is 0 Å². The number of methoxy groups -OCH3 is 1. The molecule has 128 valence electrons. The number of primary amides is 1. The molecule has 2 amide bonds. The molecule has 6 nitrogen and oxygen atoms in total. The lowest BCUT2D eigenvalue weighted by atomic mass is 9.98. The van der Waals surface area contributed by atoms with E-state index in [0.717, 1.165) is 24.2 Å². The summed E-state index contributed by atoms with van der Waals surface area (Å²) in [5, 5.41) is 2.98. The monoisotopic (exact) mass is 347 g/mol. The number of likely N-dealkylation sites (tertiary alicyclic amines) is 1. The summed E-state index contributed by atoms with van der Waals surface area (Å²) < 4.78 is 5.08. The molecule has 1 atom stereocenters. The van der Waals surface area contributed by atoms with Gasteiger partial charge in [0.25, 0.3) is 0 Å². The molecule has 1 fully saturated rings. The first-order chi connectivity index (χ1) is 11.5. The number of thiocarbonyl (C=S) groups is 1. The molecular formula is C17H21N3O3S. The third kappa shape index (κ3) is 5.06. The number of hydrogen-bond donors (Lipinski definition) is 2. The normalized spacial score (nSPS) is 17.5. The number of piperidine rings is 1. The number of amides is 2. The van der Waals surface area contributed by atoms with E-state index in [2.05, 4.69) is 5.32 Å².